The number of nitrogens with one attached hydrogen (secondary N) is 1. The van der Waals surface area contributed by atoms with Gasteiger partial charge in [0.15, 0.2) is 0 Å². The van der Waals surface area contributed by atoms with E-state index < -0.39 is 18.7 Å². The third kappa shape index (κ3) is 4.79. The van der Waals surface area contributed by atoms with Crippen molar-refractivity contribution in [2.24, 2.45) is 5.92 Å². The first-order chi connectivity index (χ1) is 5.24. The lowest BCUT2D eigenvalue weighted by molar-refractivity contribution is -0.140. The highest BCUT2D eigenvalue weighted by Gasteiger charge is 2.25. The van der Waals surface area contributed by atoms with Crippen LogP contribution >= 0.6 is 6.64 Å². The average molecular weight is 213 g/mol. The summed E-state index contributed by atoms with van der Waals surface area (Å²) in [5.74, 6) is -1.38. The van der Waals surface area contributed by atoms with E-state index in [1.807, 2.05) is 0 Å². The number of rotatable bonds is 4. The van der Waals surface area contributed by atoms with Crippen molar-refractivity contribution < 1.29 is 19.7 Å². The van der Waals surface area contributed by atoms with Gasteiger partial charge in [0.2, 0.25) is 0 Å². The van der Waals surface area contributed by atoms with E-state index in [1.165, 1.54) is 0 Å². The normalized spacial score (nSPS) is 14.8. The van der Waals surface area contributed by atoms with E-state index in [1.54, 1.807) is 13.8 Å². The van der Waals surface area contributed by atoms with E-state index >= 15 is 0 Å². The fourth-order valence-electron chi connectivity index (χ4n) is 0.671. The Balaban J connectivity index is 4.35. The molecule has 0 amide bonds. The van der Waals surface area contributed by atoms with Crippen LogP contribution in [-0.4, -0.2) is 26.9 Å². The van der Waals surface area contributed by atoms with Crippen molar-refractivity contribution in [1.29, 1.82) is 0 Å². The smallest absolute Gasteiger partial charge is 0.321 e. The summed E-state index contributed by atoms with van der Waals surface area (Å²) >= 11 is 4.25. The summed E-state index contributed by atoms with van der Waals surface area (Å²) in [5, 5.41) is 10.7. The van der Waals surface area contributed by atoms with Crippen LogP contribution in [0.25, 0.3) is 0 Å². The van der Waals surface area contributed by atoms with Gasteiger partial charge in [0.1, 0.15) is 6.04 Å². The summed E-state index contributed by atoms with van der Waals surface area (Å²) in [7, 11) is 0. The fourth-order valence-corrected chi connectivity index (χ4v) is 1.78. The second kappa shape index (κ2) is 4.30. The molecule has 0 aromatic heterocycles. The van der Waals surface area contributed by atoms with Gasteiger partial charge in [-0.1, -0.05) is 13.8 Å². The second-order valence-electron chi connectivity index (χ2n) is 2.73. The van der Waals surface area contributed by atoms with Gasteiger partial charge in [-0.15, -0.1) is 0 Å². The molecule has 0 rings (SSSR count). The summed E-state index contributed by atoms with van der Waals surface area (Å²) in [6, 6.07) is -1.01. The Labute approximate surface area is 75.6 Å². The summed E-state index contributed by atoms with van der Waals surface area (Å²) in [4.78, 5) is 28.1. The number of hydrogen-bond donors (Lipinski definition) is 4. The zero-order valence-electron chi connectivity index (χ0n) is 6.76. The van der Waals surface area contributed by atoms with Gasteiger partial charge in [0, 0.05) is 0 Å². The number of aliphatic carboxylic acids is 1. The quantitative estimate of drug-likeness (QED) is 0.487. The number of carbonyl (C=O) groups is 1. The van der Waals surface area contributed by atoms with Gasteiger partial charge in [-0.25, -0.2) is 5.09 Å². The Morgan fingerprint density at radius 1 is 1.50 bits per heavy atom. The largest absolute Gasteiger partial charge is 0.480 e. The molecule has 0 aliphatic heterocycles. The lowest BCUT2D eigenvalue weighted by atomic mass is 10.1. The highest BCUT2D eigenvalue weighted by molar-refractivity contribution is 8.08. The van der Waals surface area contributed by atoms with Gasteiger partial charge in [0.05, 0.1) is 0 Å². The van der Waals surface area contributed by atoms with E-state index in [9.17, 15) is 4.79 Å². The molecule has 0 aromatic rings. The summed E-state index contributed by atoms with van der Waals surface area (Å²) in [6.07, 6.45) is 0. The predicted molar refractivity (Wildman–Crippen MR) is 48.1 cm³/mol. The van der Waals surface area contributed by atoms with Gasteiger partial charge < -0.3 is 14.9 Å². The van der Waals surface area contributed by atoms with Crippen LogP contribution in [0.5, 0.6) is 0 Å². The van der Waals surface area contributed by atoms with E-state index in [0.29, 0.717) is 0 Å². The van der Waals surface area contributed by atoms with Crippen LogP contribution in [0.4, 0.5) is 0 Å². The van der Waals surface area contributed by atoms with E-state index in [0.717, 1.165) is 0 Å². The SMILES string of the molecule is CC(C)[C@H](NP(O)(O)=S)C(=O)O. The molecular weight excluding hydrogens is 201 g/mol. The molecule has 0 aliphatic carbocycles. The lowest BCUT2D eigenvalue weighted by Gasteiger charge is -2.20. The third-order valence-corrected chi connectivity index (χ3v) is 2.17. The fraction of sp³-hybridized carbons (Fsp3) is 0.800. The first-order valence-electron chi connectivity index (χ1n) is 3.30. The predicted octanol–water partition coefficient (Wildman–Crippen LogP) is -0.106. The molecule has 0 saturated heterocycles. The molecule has 1 atom stereocenters. The first-order valence-corrected chi connectivity index (χ1v) is 6.01. The van der Waals surface area contributed by atoms with Crippen LogP contribution < -0.4 is 5.09 Å². The van der Waals surface area contributed by atoms with Crippen LogP contribution in [0.1, 0.15) is 13.8 Å². The highest BCUT2D eigenvalue weighted by Crippen LogP contribution is 2.30. The summed E-state index contributed by atoms with van der Waals surface area (Å²) in [6.45, 7) is -0.328. The molecule has 4 N–H and O–H groups in total. The van der Waals surface area contributed by atoms with Crippen LogP contribution in [0.2, 0.25) is 0 Å². The Bertz CT molecular complexity index is 213. The standard InChI is InChI=1S/C5H12NO4PS/c1-3(2)4(5(7)8)6-11(9,10)12/h3-4H,1-2H3,(H,7,8)(H3,6,9,10,12)/t4-/m0/s1. The lowest BCUT2D eigenvalue weighted by Crippen LogP contribution is -2.38. The zero-order chi connectivity index (χ0) is 9.94. The molecule has 12 heavy (non-hydrogen) atoms. The van der Waals surface area contributed by atoms with Crippen molar-refractivity contribution in [1.82, 2.24) is 5.09 Å². The molecule has 0 saturated carbocycles. The van der Waals surface area contributed by atoms with Crippen molar-refractivity contribution in [3.63, 3.8) is 0 Å². The first kappa shape index (κ1) is 12.0. The van der Waals surface area contributed by atoms with Crippen molar-refractivity contribution in [3.8, 4) is 0 Å². The maximum atomic E-state index is 10.5. The van der Waals surface area contributed by atoms with Gasteiger partial charge >= 0.3 is 5.97 Å². The molecule has 5 nitrogen and oxygen atoms in total. The molecule has 0 unspecified atom stereocenters. The molecule has 0 radical (unpaired) electrons. The Morgan fingerprint density at radius 2 is 1.92 bits per heavy atom. The van der Waals surface area contributed by atoms with Crippen LogP contribution in [-0.2, 0) is 16.6 Å². The van der Waals surface area contributed by atoms with E-state index in [-0.39, 0.29) is 5.92 Å². The topological polar surface area (TPSA) is 89.8 Å². The summed E-state index contributed by atoms with van der Waals surface area (Å²) in [5.41, 5.74) is 0. The second-order valence-corrected chi connectivity index (χ2v) is 5.61. The van der Waals surface area contributed by atoms with Crippen molar-refractivity contribution >= 4 is 24.4 Å². The average Bonchev–Trinajstić information content (AvgIpc) is 1.79. The zero-order valence-corrected chi connectivity index (χ0v) is 8.47. The number of hydrogen-bond acceptors (Lipinski definition) is 2. The molecule has 7 heteroatoms. The minimum Gasteiger partial charge on any atom is -0.480 e. The van der Waals surface area contributed by atoms with Crippen LogP contribution in [0.15, 0.2) is 0 Å². The molecule has 0 fully saturated rings. The van der Waals surface area contributed by atoms with Gasteiger partial charge in [-0.05, 0) is 17.7 Å². The van der Waals surface area contributed by atoms with Crippen molar-refractivity contribution in [3.05, 3.63) is 0 Å². The minimum atomic E-state index is -3.63. The molecular formula is C5H12NO4PS. The molecule has 0 aromatic carbocycles. The molecule has 0 aliphatic rings. The van der Waals surface area contributed by atoms with Gasteiger partial charge in [0.25, 0.3) is 6.64 Å². The van der Waals surface area contributed by atoms with Crippen LogP contribution in [0, 0.1) is 5.92 Å². The maximum Gasteiger partial charge on any atom is 0.321 e. The Hall–Kier alpha value is 0. The monoisotopic (exact) mass is 213 g/mol. The van der Waals surface area contributed by atoms with E-state index in [4.69, 9.17) is 14.9 Å². The number of carboxylic acid groups (broad SMARTS) is 1. The minimum absolute atomic E-state index is 0.246. The highest BCUT2D eigenvalue weighted by atomic mass is 32.5. The molecule has 0 heterocycles. The molecule has 0 bridgehead atoms. The Kier molecular flexibility index (Phi) is 4.30. The maximum absolute atomic E-state index is 10.5. The van der Waals surface area contributed by atoms with Gasteiger partial charge in [-0.2, -0.15) is 0 Å². The van der Waals surface area contributed by atoms with Crippen LogP contribution in [0.3, 0.4) is 0 Å². The molecule has 72 valence electrons. The molecule has 0 spiro atoms. The van der Waals surface area contributed by atoms with Crippen molar-refractivity contribution in [2.45, 2.75) is 19.9 Å². The van der Waals surface area contributed by atoms with E-state index in [2.05, 4.69) is 16.9 Å². The van der Waals surface area contributed by atoms with Gasteiger partial charge in [-0.3, -0.25) is 4.79 Å². The summed E-state index contributed by atoms with van der Waals surface area (Å²) < 4.78 is 0. The number of carboxylic acids is 1. The Morgan fingerprint density at radius 3 is 2.00 bits per heavy atom. The third-order valence-electron chi connectivity index (χ3n) is 1.24. The van der Waals surface area contributed by atoms with Crippen molar-refractivity contribution in [2.75, 3.05) is 0 Å².